The molecule has 1 saturated heterocycles. The Kier molecular flexibility index (Phi) is 5.75. The van der Waals surface area contributed by atoms with Crippen LogP contribution in [0.3, 0.4) is 0 Å². The first kappa shape index (κ1) is 22.0. The van der Waals surface area contributed by atoms with E-state index in [0.717, 1.165) is 33.8 Å². The summed E-state index contributed by atoms with van der Waals surface area (Å²) < 4.78 is 2.06. The van der Waals surface area contributed by atoms with Gasteiger partial charge in [0.1, 0.15) is 5.57 Å². The Morgan fingerprint density at radius 3 is 2.22 bits per heavy atom. The van der Waals surface area contributed by atoms with Crippen LogP contribution in [-0.4, -0.2) is 21.5 Å². The average molecular weight is 464 g/mol. The van der Waals surface area contributed by atoms with Gasteiger partial charge in [-0.05, 0) is 105 Å². The van der Waals surface area contributed by atoms with Crippen LogP contribution in [0, 0.1) is 27.7 Å². The molecule has 0 spiro atoms. The predicted molar refractivity (Wildman–Crippen MR) is 132 cm³/mol. The smallest absolute Gasteiger partial charge is 0.270 e. The molecule has 1 aliphatic heterocycles. The minimum absolute atomic E-state index is 0.0354. The van der Waals surface area contributed by atoms with E-state index in [2.05, 4.69) is 9.88 Å². The number of halogens is 1. The van der Waals surface area contributed by atoms with Gasteiger partial charge in [-0.2, -0.15) is 0 Å². The van der Waals surface area contributed by atoms with Crippen LogP contribution in [-0.2, 0) is 9.59 Å². The fraction of sp³-hybridized carbons (Fsp3) is 0.160. The van der Waals surface area contributed by atoms with Crippen LogP contribution in [0.4, 0.5) is 5.69 Å². The van der Waals surface area contributed by atoms with E-state index >= 15 is 0 Å². The summed E-state index contributed by atoms with van der Waals surface area (Å²) in [4.78, 5) is 27.4. The highest BCUT2D eigenvalue weighted by molar-refractivity contribution is 7.80. The second-order valence-electron chi connectivity index (χ2n) is 7.86. The Morgan fingerprint density at radius 2 is 1.56 bits per heavy atom. The third-order valence-electron chi connectivity index (χ3n) is 5.71. The van der Waals surface area contributed by atoms with Gasteiger partial charge >= 0.3 is 0 Å². The molecule has 1 aliphatic rings. The Bertz CT molecular complexity index is 1310. The summed E-state index contributed by atoms with van der Waals surface area (Å²) in [6.45, 7) is 7.89. The van der Waals surface area contributed by atoms with Crippen molar-refractivity contribution >= 4 is 52.5 Å². The van der Waals surface area contributed by atoms with E-state index in [9.17, 15) is 9.59 Å². The van der Waals surface area contributed by atoms with Crippen molar-refractivity contribution in [2.45, 2.75) is 27.7 Å². The topological polar surface area (TPSA) is 54.3 Å². The SMILES string of the molecule is Cc1ccc(N2C(=O)/C(=C/c3cc(C)n(-c4ccc(Cl)cc4)c3C)C(=O)NC2=S)cc1C. The fourth-order valence-corrected chi connectivity index (χ4v) is 4.24. The van der Waals surface area contributed by atoms with Gasteiger partial charge in [0.15, 0.2) is 5.11 Å². The minimum Gasteiger partial charge on any atom is -0.318 e. The molecule has 0 saturated carbocycles. The molecule has 0 radical (unpaired) electrons. The molecule has 162 valence electrons. The van der Waals surface area contributed by atoms with Crippen molar-refractivity contribution in [1.29, 1.82) is 0 Å². The Labute approximate surface area is 197 Å². The lowest BCUT2D eigenvalue weighted by atomic mass is 10.1. The average Bonchev–Trinajstić information content (AvgIpc) is 3.01. The zero-order valence-electron chi connectivity index (χ0n) is 18.2. The van der Waals surface area contributed by atoms with E-state index in [0.29, 0.717) is 10.7 Å². The predicted octanol–water partition coefficient (Wildman–Crippen LogP) is 5.20. The summed E-state index contributed by atoms with van der Waals surface area (Å²) in [6, 6.07) is 15.1. The van der Waals surface area contributed by atoms with Crippen LogP contribution in [0.2, 0.25) is 5.02 Å². The highest BCUT2D eigenvalue weighted by atomic mass is 35.5. The molecule has 2 aromatic carbocycles. The third kappa shape index (κ3) is 3.87. The second-order valence-corrected chi connectivity index (χ2v) is 8.69. The van der Waals surface area contributed by atoms with Gasteiger partial charge < -0.3 is 4.57 Å². The number of amides is 2. The molecule has 1 aromatic heterocycles. The lowest BCUT2D eigenvalue weighted by Gasteiger charge is -2.29. The molecule has 0 atom stereocenters. The second kappa shape index (κ2) is 8.37. The van der Waals surface area contributed by atoms with E-state index < -0.39 is 11.8 Å². The maximum atomic E-state index is 13.3. The van der Waals surface area contributed by atoms with Crippen LogP contribution >= 0.6 is 23.8 Å². The molecule has 1 N–H and O–H groups in total. The van der Waals surface area contributed by atoms with Crippen molar-refractivity contribution in [3.05, 3.63) is 87.2 Å². The standard InChI is InChI=1S/C25H22ClN3O2S/c1-14-5-8-21(11-15(14)2)29-24(31)22(23(30)27-25(29)32)13-18-12-16(3)28(17(18)4)20-9-6-19(26)7-10-20/h5-13H,1-4H3,(H,27,30,32)/b22-13+. The summed E-state index contributed by atoms with van der Waals surface area (Å²) in [5, 5.41) is 3.38. The number of nitrogens with zero attached hydrogens (tertiary/aromatic N) is 2. The molecule has 0 unspecified atom stereocenters. The number of carbonyl (C=O) groups excluding carboxylic acids is 2. The van der Waals surface area contributed by atoms with Crippen molar-refractivity contribution in [2.24, 2.45) is 0 Å². The van der Waals surface area contributed by atoms with Crippen LogP contribution in [0.25, 0.3) is 11.8 Å². The molecule has 1 fully saturated rings. The number of nitrogens with one attached hydrogen (secondary N) is 1. The maximum absolute atomic E-state index is 13.3. The van der Waals surface area contributed by atoms with E-state index in [-0.39, 0.29) is 10.7 Å². The number of benzene rings is 2. The van der Waals surface area contributed by atoms with Crippen molar-refractivity contribution in [3.8, 4) is 5.69 Å². The third-order valence-corrected chi connectivity index (χ3v) is 6.24. The molecule has 5 nitrogen and oxygen atoms in total. The number of hydrogen-bond donors (Lipinski definition) is 1. The van der Waals surface area contributed by atoms with Crippen molar-refractivity contribution < 1.29 is 9.59 Å². The highest BCUT2D eigenvalue weighted by Gasteiger charge is 2.34. The summed E-state index contributed by atoms with van der Waals surface area (Å²) in [5.74, 6) is -0.949. The summed E-state index contributed by atoms with van der Waals surface area (Å²) >= 11 is 11.3. The van der Waals surface area contributed by atoms with Crippen molar-refractivity contribution in [2.75, 3.05) is 4.90 Å². The van der Waals surface area contributed by atoms with Crippen LogP contribution in [0.1, 0.15) is 28.1 Å². The Balaban J connectivity index is 1.76. The van der Waals surface area contributed by atoms with Crippen LogP contribution < -0.4 is 10.2 Å². The molecule has 32 heavy (non-hydrogen) atoms. The molecular weight excluding hydrogens is 442 g/mol. The number of aromatic nitrogens is 1. The van der Waals surface area contributed by atoms with Crippen molar-refractivity contribution in [1.82, 2.24) is 9.88 Å². The maximum Gasteiger partial charge on any atom is 0.270 e. The number of hydrogen-bond acceptors (Lipinski definition) is 3. The molecule has 0 bridgehead atoms. The highest BCUT2D eigenvalue weighted by Crippen LogP contribution is 2.27. The Hall–Kier alpha value is -3.22. The molecule has 4 rings (SSSR count). The van der Waals surface area contributed by atoms with Gasteiger partial charge in [0.05, 0.1) is 5.69 Å². The largest absolute Gasteiger partial charge is 0.318 e. The van der Waals surface area contributed by atoms with Crippen LogP contribution in [0.5, 0.6) is 0 Å². The first-order valence-electron chi connectivity index (χ1n) is 10.1. The zero-order chi connectivity index (χ0) is 23.2. The normalized spacial score (nSPS) is 15.5. The summed E-state index contributed by atoms with van der Waals surface area (Å²) in [7, 11) is 0. The Morgan fingerprint density at radius 1 is 0.906 bits per heavy atom. The van der Waals surface area contributed by atoms with Crippen LogP contribution in [0.15, 0.2) is 54.1 Å². The van der Waals surface area contributed by atoms with Gasteiger partial charge in [-0.1, -0.05) is 17.7 Å². The molecule has 2 heterocycles. The number of rotatable bonds is 3. The van der Waals surface area contributed by atoms with Gasteiger partial charge in [-0.25, -0.2) is 0 Å². The minimum atomic E-state index is -0.503. The molecule has 3 aromatic rings. The fourth-order valence-electron chi connectivity index (χ4n) is 3.83. The van der Waals surface area contributed by atoms with Gasteiger partial charge in [-0.15, -0.1) is 0 Å². The number of carbonyl (C=O) groups is 2. The lowest BCUT2D eigenvalue weighted by molar-refractivity contribution is -0.122. The monoisotopic (exact) mass is 463 g/mol. The lowest BCUT2D eigenvalue weighted by Crippen LogP contribution is -2.54. The molecular formula is C25H22ClN3O2S. The van der Waals surface area contributed by atoms with Gasteiger partial charge in [0.25, 0.3) is 11.8 Å². The van der Waals surface area contributed by atoms with Crippen molar-refractivity contribution in [3.63, 3.8) is 0 Å². The van der Waals surface area contributed by atoms with E-state index in [1.807, 2.05) is 76.2 Å². The van der Waals surface area contributed by atoms with Gasteiger partial charge in [0, 0.05) is 22.1 Å². The van der Waals surface area contributed by atoms with E-state index in [4.69, 9.17) is 23.8 Å². The quantitative estimate of drug-likeness (QED) is 0.330. The molecule has 2 amide bonds. The number of aryl methyl sites for hydroxylation is 3. The first-order valence-corrected chi connectivity index (χ1v) is 10.9. The zero-order valence-corrected chi connectivity index (χ0v) is 19.8. The first-order chi connectivity index (χ1) is 15.2. The van der Waals surface area contributed by atoms with Gasteiger partial charge in [-0.3, -0.25) is 19.8 Å². The summed E-state index contributed by atoms with van der Waals surface area (Å²) in [6.07, 6.45) is 1.63. The summed E-state index contributed by atoms with van der Waals surface area (Å²) in [5.41, 5.74) is 6.42. The van der Waals surface area contributed by atoms with E-state index in [1.54, 1.807) is 6.08 Å². The van der Waals surface area contributed by atoms with Gasteiger partial charge in [0.2, 0.25) is 0 Å². The molecule has 0 aliphatic carbocycles. The number of anilines is 1. The van der Waals surface area contributed by atoms with E-state index in [1.165, 1.54) is 4.90 Å². The molecule has 7 heteroatoms. The number of thiocarbonyl (C=S) groups is 1.